The number of hydrogen-bond donors (Lipinski definition) is 1. The summed E-state index contributed by atoms with van der Waals surface area (Å²) in [4.78, 5) is 2.34. The lowest BCUT2D eigenvalue weighted by Gasteiger charge is -2.19. The molecule has 22 heavy (non-hydrogen) atoms. The van der Waals surface area contributed by atoms with E-state index in [1.807, 2.05) is 0 Å². The van der Waals surface area contributed by atoms with Crippen molar-refractivity contribution in [2.45, 2.75) is 33.1 Å². The summed E-state index contributed by atoms with van der Waals surface area (Å²) in [7, 11) is 2.17. The van der Waals surface area contributed by atoms with Crippen molar-refractivity contribution < 1.29 is 0 Å². The normalized spacial score (nSPS) is 9.86. The number of nitrogens with zero attached hydrogens (tertiary/aromatic N) is 1. The molecule has 0 aliphatic rings. The molecular formula is C20H30N2. The van der Waals surface area contributed by atoms with Crippen LogP contribution < -0.4 is 10.2 Å². The van der Waals surface area contributed by atoms with Crippen molar-refractivity contribution in [2.24, 2.45) is 0 Å². The Morgan fingerprint density at radius 3 is 2.05 bits per heavy atom. The number of benzene rings is 2. The Morgan fingerprint density at radius 2 is 1.36 bits per heavy atom. The standard InChI is InChI=1S/C19H26N2.CH4/c1-21(19-14-8-5-9-15-19)17-11-3-2-10-16-20-18-12-6-4-7-13-18;/h4-9,12-15,20H,2-3,10-11,16-17H2,1H3;1H4. The minimum Gasteiger partial charge on any atom is -0.385 e. The van der Waals surface area contributed by atoms with E-state index in [9.17, 15) is 0 Å². The van der Waals surface area contributed by atoms with Crippen molar-refractivity contribution in [3.63, 3.8) is 0 Å². The van der Waals surface area contributed by atoms with Gasteiger partial charge in [-0.15, -0.1) is 0 Å². The largest absolute Gasteiger partial charge is 0.385 e. The van der Waals surface area contributed by atoms with Gasteiger partial charge in [0.15, 0.2) is 0 Å². The highest BCUT2D eigenvalue weighted by atomic mass is 15.1. The first-order valence-corrected chi connectivity index (χ1v) is 7.91. The molecule has 0 spiro atoms. The molecule has 0 aliphatic heterocycles. The first kappa shape index (κ1) is 18.1. The van der Waals surface area contributed by atoms with Gasteiger partial charge in [0.05, 0.1) is 0 Å². The second kappa shape index (κ2) is 10.7. The fourth-order valence-electron chi connectivity index (χ4n) is 2.43. The maximum atomic E-state index is 3.46. The quantitative estimate of drug-likeness (QED) is 0.621. The molecule has 2 aromatic rings. The van der Waals surface area contributed by atoms with Gasteiger partial charge >= 0.3 is 0 Å². The zero-order valence-electron chi connectivity index (χ0n) is 13.0. The summed E-state index contributed by atoms with van der Waals surface area (Å²) in [5, 5.41) is 3.46. The Bertz CT molecular complexity index is 482. The van der Waals surface area contributed by atoms with Crippen LogP contribution in [-0.2, 0) is 0 Å². The van der Waals surface area contributed by atoms with E-state index >= 15 is 0 Å². The van der Waals surface area contributed by atoms with Crippen molar-refractivity contribution in [2.75, 3.05) is 30.4 Å². The van der Waals surface area contributed by atoms with Gasteiger partial charge in [-0.2, -0.15) is 0 Å². The van der Waals surface area contributed by atoms with Gasteiger partial charge in [0, 0.05) is 31.5 Å². The Labute approximate surface area is 136 Å². The molecule has 0 unspecified atom stereocenters. The van der Waals surface area contributed by atoms with E-state index in [4.69, 9.17) is 0 Å². The van der Waals surface area contributed by atoms with E-state index in [1.54, 1.807) is 0 Å². The van der Waals surface area contributed by atoms with Crippen LogP contribution in [0.4, 0.5) is 11.4 Å². The third-order valence-electron chi connectivity index (χ3n) is 3.72. The van der Waals surface area contributed by atoms with Crippen molar-refractivity contribution >= 4 is 11.4 Å². The molecule has 0 fully saturated rings. The maximum Gasteiger partial charge on any atom is 0.0363 e. The Kier molecular flexibility index (Phi) is 8.82. The molecule has 0 radical (unpaired) electrons. The molecule has 2 rings (SSSR count). The zero-order chi connectivity index (χ0) is 14.8. The van der Waals surface area contributed by atoms with Gasteiger partial charge in [0.2, 0.25) is 0 Å². The zero-order valence-corrected chi connectivity index (χ0v) is 13.0. The Morgan fingerprint density at radius 1 is 0.773 bits per heavy atom. The van der Waals surface area contributed by atoms with Crippen LogP contribution in [0.2, 0.25) is 0 Å². The molecular weight excluding hydrogens is 268 g/mol. The number of unbranched alkanes of at least 4 members (excludes halogenated alkanes) is 3. The maximum absolute atomic E-state index is 3.46. The van der Waals surface area contributed by atoms with Crippen LogP contribution >= 0.6 is 0 Å². The van der Waals surface area contributed by atoms with Gasteiger partial charge in [-0.3, -0.25) is 0 Å². The summed E-state index contributed by atoms with van der Waals surface area (Å²) < 4.78 is 0. The number of para-hydroxylation sites is 2. The number of anilines is 2. The van der Waals surface area contributed by atoms with Crippen LogP contribution in [0.1, 0.15) is 33.1 Å². The predicted molar refractivity (Wildman–Crippen MR) is 99.8 cm³/mol. The number of rotatable bonds is 9. The summed E-state index contributed by atoms with van der Waals surface area (Å²) >= 11 is 0. The van der Waals surface area contributed by atoms with Crippen molar-refractivity contribution in [3.05, 3.63) is 60.7 Å². The Balaban J connectivity index is 0.00000242. The van der Waals surface area contributed by atoms with Crippen LogP contribution in [0.25, 0.3) is 0 Å². The Hall–Kier alpha value is -1.96. The van der Waals surface area contributed by atoms with Crippen LogP contribution in [-0.4, -0.2) is 20.1 Å². The van der Waals surface area contributed by atoms with Crippen molar-refractivity contribution in [3.8, 4) is 0 Å². The fraction of sp³-hybridized carbons (Fsp3) is 0.400. The molecule has 0 saturated carbocycles. The van der Waals surface area contributed by atoms with Crippen LogP contribution in [0.15, 0.2) is 60.7 Å². The van der Waals surface area contributed by atoms with Crippen molar-refractivity contribution in [1.29, 1.82) is 0 Å². The fourth-order valence-corrected chi connectivity index (χ4v) is 2.43. The van der Waals surface area contributed by atoms with Gasteiger partial charge in [-0.1, -0.05) is 56.7 Å². The average Bonchev–Trinajstić information content (AvgIpc) is 2.55. The molecule has 0 heterocycles. The molecule has 1 N–H and O–H groups in total. The minimum atomic E-state index is 0. The highest BCUT2D eigenvalue weighted by Crippen LogP contribution is 2.12. The smallest absolute Gasteiger partial charge is 0.0363 e. The van der Waals surface area contributed by atoms with E-state index in [1.165, 1.54) is 37.1 Å². The summed E-state index contributed by atoms with van der Waals surface area (Å²) in [6.07, 6.45) is 5.09. The monoisotopic (exact) mass is 298 g/mol. The molecule has 0 aliphatic carbocycles. The van der Waals surface area contributed by atoms with Crippen LogP contribution in [0.5, 0.6) is 0 Å². The molecule has 0 amide bonds. The SMILES string of the molecule is C.CN(CCCCCCNc1ccccc1)c1ccccc1. The molecule has 2 aromatic carbocycles. The van der Waals surface area contributed by atoms with Gasteiger partial charge in [-0.25, -0.2) is 0 Å². The van der Waals surface area contributed by atoms with Gasteiger partial charge in [0.25, 0.3) is 0 Å². The van der Waals surface area contributed by atoms with Crippen molar-refractivity contribution in [1.82, 2.24) is 0 Å². The highest BCUT2D eigenvalue weighted by molar-refractivity contribution is 5.44. The lowest BCUT2D eigenvalue weighted by Crippen LogP contribution is -2.18. The third kappa shape index (κ3) is 6.66. The third-order valence-corrected chi connectivity index (χ3v) is 3.72. The number of hydrogen-bond acceptors (Lipinski definition) is 2. The molecule has 0 aromatic heterocycles. The predicted octanol–water partition coefficient (Wildman–Crippen LogP) is 5.43. The first-order chi connectivity index (χ1) is 10.4. The molecule has 120 valence electrons. The minimum absolute atomic E-state index is 0. The summed E-state index contributed by atoms with van der Waals surface area (Å²) in [5.41, 5.74) is 2.53. The van der Waals surface area contributed by atoms with E-state index in [-0.39, 0.29) is 7.43 Å². The van der Waals surface area contributed by atoms with E-state index in [0.717, 1.165) is 13.1 Å². The molecule has 0 atom stereocenters. The average molecular weight is 298 g/mol. The molecule has 0 saturated heterocycles. The number of nitrogens with one attached hydrogen (secondary N) is 1. The van der Waals surface area contributed by atoms with E-state index in [2.05, 4.69) is 77.9 Å². The molecule has 2 heteroatoms. The van der Waals surface area contributed by atoms with Gasteiger partial charge in [0.1, 0.15) is 0 Å². The van der Waals surface area contributed by atoms with Gasteiger partial charge in [-0.05, 0) is 37.1 Å². The first-order valence-electron chi connectivity index (χ1n) is 7.91. The molecule has 2 nitrogen and oxygen atoms in total. The topological polar surface area (TPSA) is 15.3 Å². The lowest BCUT2D eigenvalue weighted by molar-refractivity contribution is 0.650. The summed E-state index contributed by atoms with van der Waals surface area (Å²) in [6, 6.07) is 21.0. The highest BCUT2D eigenvalue weighted by Gasteiger charge is 1.99. The summed E-state index contributed by atoms with van der Waals surface area (Å²) in [5.74, 6) is 0. The second-order valence-corrected chi connectivity index (χ2v) is 5.46. The van der Waals surface area contributed by atoms with E-state index < -0.39 is 0 Å². The van der Waals surface area contributed by atoms with Crippen LogP contribution in [0, 0.1) is 0 Å². The lowest BCUT2D eigenvalue weighted by atomic mass is 10.2. The van der Waals surface area contributed by atoms with Crippen LogP contribution in [0.3, 0.4) is 0 Å². The second-order valence-electron chi connectivity index (χ2n) is 5.46. The van der Waals surface area contributed by atoms with E-state index in [0.29, 0.717) is 0 Å². The summed E-state index contributed by atoms with van der Waals surface area (Å²) in [6.45, 7) is 2.20. The van der Waals surface area contributed by atoms with Gasteiger partial charge < -0.3 is 10.2 Å². The molecule has 0 bridgehead atoms.